The average molecular weight is 272 g/mol. The van der Waals surface area contributed by atoms with Gasteiger partial charge in [-0.15, -0.1) is 0 Å². The number of ether oxygens (including phenoxy) is 2. The van der Waals surface area contributed by atoms with Gasteiger partial charge in [0, 0.05) is 7.11 Å². The summed E-state index contributed by atoms with van der Waals surface area (Å²) in [6.07, 6.45) is -1.09. The first-order chi connectivity index (χ1) is 9.83. The predicted molar refractivity (Wildman–Crippen MR) is 78.4 cm³/mol. The van der Waals surface area contributed by atoms with Crippen molar-refractivity contribution in [3.63, 3.8) is 0 Å². The summed E-state index contributed by atoms with van der Waals surface area (Å²) in [5.74, 6) is 0. The van der Waals surface area contributed by atoms with Crippen molar-refractivity contribution in [2.45, 2.75) is 12.2 Å². The third-order valence-electron chi connectivity index (χ3n) is 3.14. The van der Waals surface area contributed by atoms with Crippen LogP contribution in [0.5, 0.6) is 0 Å². The van der Waals surface area contributed by atoms with Gasteiger partial charge in [-0.1, -0.05) is 60.7 Å². The van der Waals surface area contributed by atoms with E-state index < -0.39 is 12.2 Å². The molecule has 0 aliphatic heterocycles. The van der Waals surface area contributed by atoms with Crippen molar-refractivity contribution in [3.8, 4) is 0 Å². The lowest BCUT2D eigenvalue weighted by Crippen LogP contribution is -2.17. The van der Waals surface area contributed by atoms with Gasteiger partial charge in [0.1, 0.15) is 12.2 Å². The molecule has 0 fully saturated rings. The molecule has 0 radical (unpaired) electrons. The molecule has 0 aliphatic rings. The highest BCUT2D eigenvalue weighted by Crippen LogP contribution is 2.31. The molecule has 0 aromatic heterocycles. The van der Waals surface area contributed by atoms with Gasteiger partial charge in [0.25, 0.3) is 0 Å². The van der Waals surface area contributed by atoms with Crippen LogP contribution in [-0.4, -0.2) is 25.4 Å². The van der Waals surface area contributed by atoms with Crippen LogP contribution in [0.4, 0.5) is 0 Å². The van der Waals surface area contributed by atoms with E-state index >= 15 is 0 Å². The van der Waals surface area contributed by atoms with Crippen LogP contribution >= 0.6 is 0 Å². The Morgan fingerprint density at radius 3 is 1.95 bits per heavy atom. The van der Waals surface area contributed by atoms with Crippen molar-refractivity contribution in [1.29, 1.82) is 0 Å². The van der Waals surface area contributed by atoms with Crippen molar-refractivity contribution in [2.24, 2.45) is 0 Å². The van der Waals surface area contributed by atoms with E-state index in [-0.39, 0.29) is 0 Å². The first-order valence-electron chi connectivity index (χ1n) is 6.71. The van der Waals surface area contributed by atoms with Crippen LogP contribution in [0.2, 0.25) is 0 Å². The summed E-state index contributed by atoms with van der Waals surface area (Å²) in [4.78, 5) is 0. The van der Waals surface area contributed by atoms with E-state index in [1.807, 2.05) is 60.7 Å². The maximum atomic E-state index is 10.6. The van der Waals surface area contributed by atoms with E-state index in [2.05, 4.69) is 0 Å². The maximum absolute atomic E-state index is 10.6. The number of methoxy groups -OCH3 is 1. The van der Waals surface area contributed by atoms with E-state index in [1.165, 1.54) is 0 Å². The van der Waals surface area contributed by atoms with Crippen LogP contribution in [0.25, 0.3) is 0 Å². The minimum atomic E-state index is -0.699. The van der Waals surface area contributed by atoms with Gasteiger partial charge in [0.05, 0.1) is 13.2 Å². The molecule has 2 aromatic rings. The van der Waals surface area contributed by atoms with Crippen LogP contribution < -0.4 is 0 Å². The lowest BCUT2D eigenvalue weighted by Gasteiger charge is -2.24. The molecule has 1 N–H and O–H groups in total. The molecule has 0 bridgehead atoms. The second-order valence-corrected chi connectivity index (χ2v) is 4.55. The maximum Gasteiger partial charge on any atom is 0.113 e. The minimum absolute atomic E-state index is 0.395. The standard InChI is InChI=1S/C17H20O3/c1-19-12-13-20-17(15-10-6-3-7-11-15)16(18)14-8-4-2-5-9-14/h2-11,16-18H,12-13H2,1H3. The molecule has 0 amide bonds. The van der Waals surface area contributed by atoms with Gasteiger partial charge in [-0.25, -0.2) is 0 Å². The van der Waals surface area contributed by atoms with Crippen LogP contribution in [-0.2, 0) is 9.47 Å². The molecule has 0 saturated carbocycles. The fourth-order valence-electron chi connectivity index (χ4n) is 2.10. The lowest BCUT2D eigenvalue weighted by molar-refractivity contribution is -0.0553. The topological polar surface area (TPSA) is 38.7 Å². The largest absolute Gasteiger partial charge is 0.385 e. The monoisotopic (exact) mass is 272 g/mol. The Morgan fingerprint density at radius 2 is 1.40 bits per heavy atom. The Morgan fingerprint density at radius 1 is 0.850 bits per heavy atom. The van der Waals surface area contributed by atoms with Crippen LogP contribution in [0.3, 0.4) is 0 Å². The van der Waals surface area contributed by atoms with Gasteiger partial charge in [-0.05, 0) is 11.1 Å². The summed E-state index contributed by atoms with van der Waals surface area (Å²) >= 11 is 0. The van der Waals surface area contributed by atoms with Gasteiger partial charge in [-0.3, -0.25) is 0 Å². The van der Waals surface area contributed by atoms with Crippen molar-refractivity contribution in [2.75, 3.05) is 20.3 Å². The molecule has 2 unspecified atom stereocenters. The Labute approximate surface area is 119 Å². The third-order valence-corrected chi connectivity index (χ3v) is 3.14. The molecule has 3 heteroatoms. The summed E-state index contributed by atoms with van der Waals surface area (Å²) in [5, 5.41) is 10.6. The molecule has 20 heavy (non-hydrogen) atoms. The molecule has 3 nitrogen and oxygen atoms in total. The zero-order chi connectivity index (χ0) is 14.2. The van der Waals surface area contributed by atoms with E-state index in [9.17, 15) is 5.11 Å². The average Bonchev–Trinajstić information content (AvgIpc) is 2.53. The Hall–Kier alpha value is -1.68. The van der Waals surface area contributed by atoms with E-state index in [4.69, 9.17) is 9.47 Å². The van der Waals surface area contributed by atoms with Gasteiger partial charge >= 0.3 is 0 Å². The van der Waals surface area contributed by atoms with Crippen molar-refractivity contribution in [1.82, 2.24) is 0 Å². The van der Waals surface area contributed by atoms with Crippen molar-refractivity contribution < 1.29 is 14.6 Å². The van der Waals surface area contributed by atoms with Crippen molar-refractivity contribution >= 4 is 0 Å². The lowest BCUT2D eigenvalue weighted by atomic mass is 9.98. The Kier molecular flexibility index (Phi) is 5.74. The summed E-state index contributed by atoms with van der Waals surface area (Å²) in [6, 6.07) is 19.3. The second-order valence-electron chi connectivity index (χ2n) is 4.55. The van der Waals surface area contributed by atoms with Crippen LogP contribution in [0.1, 0.15) is 23.3 Å². The number of hydrogen-bond donors (Lipinski definition) is 1. The smallest absolute Gasteiger partial charge is 0.113 e. The van der Waals surface area contributed by atoms with Gasteiger partial charge in [0.2, 0.25) is 0 Å². The normalized spacial score (nSPS) is 13.9. The first-order valence-corrected chi connectivity index (χ1v) is 6.71. The first kappa shape index (κ1) is 14.7. The molecule has 2 atom stereocenters. The number of benzene rings is 2. The van der Waals surface area contributed by atoms with Crippen molar-refractivity contribution in [3.05, 3.63) is 71.8 Å². The molecule has 0 saturated heterocycles. The highest BCUT2D eigenvalue weighted by atomic mass is 16.5. The molecule has 106 valence electrons. The molecule has 0 spiro atoms. The zero-order valence-electron chi connectivity index (χ0n) is 11.6. The summed E-state index contributed by atoms with van der Waals surface area (Å²) in [7, 11) is 1.63. The van der Waals surface area contributed by atoms with Crippen LogP contribution in [0.15, 0.2) is 60.7 Å². The molecular formula is C17H20O3. The van der Waals surface area contributed by atoms with E-state index in [0.717, 1.165) is 11.1 Å². The fraction of sp³-hybridized carbons (Fsp3) is 0.294. The van der Waals surface area contributed by atoms with Gasteiger partial charge in [-0.2, -0.15) is 0 Å². The fourth-order valence-corrected chi connectivity index (χ4v) is 2.10. The molecule has 2 aromatic carbocycles. The SMILES string of the molecule is COCCOC(c1ccccc1)C(O)c1ccccc1. The zero-order valence-corrected chi connectivity index (χ0v) is 11.6. The minimum Gasteiger partial charge on any atom is -0.385 e. The third kappa shape index (κ3) is 3.90. The summed E-state index contributed by atoms with van der Waals surface area (Å²) < 4.78 is 10.8. The van der Waals surface area contributed by atoms with Gasteiger partial charge in [0.15, 0.2) is 0 Å². The molecule has 0 aliphatic carbocycles. The van der Waals surface area contributed by atoms with E-state index in [0.29, 0.717) is 13.2 Å². The molecule has 2 rings (SSSR count). The highest BCUT2D eigenvalue weighted by molar-refractivity contribution is 5.25. The number of aliphatic hydroxyl groups is 1. The summed E-state index contributed by atoms with van der Waals surface area (Å²) in [6.45, 7) is 0.949. The molecule has 0 heterocycles. The van der Waals surface area contributed by atoms with Crippen LogP contribution in [0, 0.1) is 0 Å². The number of rotatable bonds is 7. The van der Waals surface area contributed by atoms with E-state index in [1.54, 1.807) is 7.11 Å². The Balaban J connectivity index is 2.17. The quantitative estimate of drug-likeness (QED) is 0.787. The number of hydrogen-bond acceptors (Lipinski definition) is 3. The second kappa shape index (κ2) is 7.80. The predicted octanol–water partition coefficient (Wildman–Crippen LogP) is 3.12. The Bertz CT molecular complexity index is 484. The summed E-state index contributed by atoms with van der Waals surface area (Å²) in [5.41, 5.74) is 1.80. The molecular weight excluding hydrogens is 252 g/mol. The highest BCUT2D eigenvalue weighted by Gasteiger charge is 2.23. The number of aliphatic hydroxyl groups excluding tert-OH is 1. The van der Waals surface area contributed by atoms with Gasteiger partial charge < -0.3 is 14.6 Å².